The normalized spacial score (nSPS) is 18.7. The first-order valence-electron chi connectivity index (χ1n) is 7.12. The van der Waals surface area contributed by atoms with Crippen LogP contribution in [0.4, 0.5) is 5.82 Å². The topological polar surface area (TPSA) is 54.2 Å². The van der Waals surface area contributed by atoms with Crippen molar-refractivity contribution in [1.29, 1.82) is 0 Å². The fourth-order valence-corrected chi connectivity index (χ4v) is 3.40. The molecule has 7 heteroatoms. The van der Waals surface area contributed by atoms with Crippen LogP contribution in [0.1, 0.15) is 6.42 Å². The van der Waals surface area contributed by atoms with Crippen molar-refractivity contribution >= 4 is 51.1 Å². The highest BCUT2D eigenvalue weighted by atomic mass is 35.5. The van der Waals surface area contributed by atoms with Crippen LogP contribution in [0.25, 0.3) is 22.1 Å². The molecule has 22 heavy (non-hydrogen) atoms. The molecule has 0 aliphatic carbocycles. The summed E-state index contributed by atoms with van der Waals surface area (Å²) >= 11 is 12.4. The highest BCUT2D eigenvalue weighted by Crippen LogP contribution is 2.39. The van der Waals surface area contributed by atoms with Gasteiger partial charge in [-0.2, -0.15) is 0 Å². The van der Waals surface area contributed by atoms with Gasteiger partial charge in [0.25, 0.3) is 0 Å². The SMILES string of the molecule is CN[C@@H]1CCN(c2ncnc3c2oc2ccc(Cl)c(Cl)c23)C1. The van der Waals surface area contributed by atoms with E-state index in [1.54, 1.807) is 12.4 Å². The second-order valence-corrected chi connectivity index (χ2v) is 6.22. The third-order valence-corrected chi connectivity index (χ3v) is 4.99. The van der Waals surface area contributed by atoms with E-state index >= 15 is 0 Å². The molecule has 1 aliphatic heterocycles. The lowest BCUT2D eigenvalue weighted by Gasteiger charge is -2.16. The molecular formula is C15H14Cl2N4O. The quantitative estimate of drug-likeness (QED) is 0.776. The van der Waals surface area contributed by atoms with Gasteiger partial charge in [0.1, 0.15) is 17.4 Å². The number of nitrogens with one attached hydrogen (secondary N) is 1. The Morgan fingerprint density at radius 2 is 2.18 bits per heavy atom. The summed E-state index contributed by atoms with van der Waals surface area (Å²) in [5.41, 5.74) is 2.05. The molecule has 1 fully saturated rings. The first-order valence-corrected chi connectivity index (χ1v) is 7.88. The van der Waals surface area contributed by atoms with E-state index < -0.39 is 0 Å². The lowest BCUT2D eigenvalue weighted by Crippen LogP contribution is -2.29. The number of anilines is 1. The molecule has 3 heterocycles. The van der Waals surface area contributed by atoms with E-state index in [1.165, 1.54) is 0 Å². The van der Waals surface area contributed by atoms with Crippen LogP contribution in [-0.4, -0.2) is 36.1 Å². The Morgan fingerprint density at radius 3 is 2.95 bits per heavy atom. The highest BCUT2D eigenvalue weighted by Gasteiger charge is 2.26. The van der Waals surface area contributed by atoms with E-state index in [-0.39, 0.29) is 0 Å². The number of aromatic nitrogens is 2. The van der Waals surface area contributed by atoms with Gasteiger partial charge in [-0.05, 0) is 25.6 Å². The second-order valence-electron chi connectivity index (χ2n) is 5.43. The minimum absolute atomic E-state index is 0.465. The van der Waals surface area contributed by atoms with Crippen LogP contribution in [0.2, 0.25) is 10.0 Å². The van der Waals surface area contributed by atoms with Crippen LogP contribution in [0.15, 0.2) is 22.9 Å². The number of nitrogens with zero attached hydrogens (tertiary/aromatic N) is 3. The number of hydrogen-bond acceptors (Lipinski definition) is 5. The largest absolute Gasteiger partial charge is 0.450 e. The summed E-state index contributed by atoms with van der Waals surface area (Å²) in [6, 6.07) is 4.01. The Hall–Kier alpha value is -1.56. The molecular weight excluding hydrogens is 323 g/mol. The van der Waals surface area contributed by atoms with Crippen LogP contribution in [0.5, 0.6) is 0 Å². The maximum Gasteiger partial charge on any atom is 0.196 e. The van der Waals surface area contributed by atoms with Crippen molar-refractivity contribution in [2.24, 2.45) is 0 Å². The van der Waals surface area contributed by atoms with Gasteiger partial charge in [0, 0.05) is 19.1 Å². The third kappa shape index (κ3) is 2.04. The van der Waals surface area contributed by atoms with Crippen molar-refractivity contribution < 1.29 is 4.42 Å². The summed E-state index contributed by atoms with van der Waals surface area (Å²) in [7, 11) is 1.98. The predicted octanol–water partition coefficient (Wildman–Crippen LogP) is 3.48. The summed E-state index contributed by atoms with van der Waals surface area (Å²) in [5.74, 6) is 0.811. The van der Waals surface area contributed by atoms with Crippen LogP contribution in [0.3, 0.4) is 0 Å². The molecule has 0 amide bonds. The van der Waals surface area contributed by atoms with Crippen molar-refractivity contribution in [2.75, 3.05) is 25.0 Å². The van der Waals surface area contributed by atoms with Crippen LogP contribution >= 0.6 is 23.2 Å². The number of fused-ring (bicyclic) bond motifs is 3. The number of hydrogen-bond donors (Lipinski definition) is 1. The average Bonchev–Trinajstić information content (AvgIpc) is 3.15. The molecule has 3 aromatic rings. The van der Waals surface area contributed by atoms with Gasteiger partial charge in [0.05, 0.1) is 15.4 Å². The van der Waals surface area contributed by atoms with Gasteiger partial charge in [-0.25, -0.2) is 9.97 Å². The number of rotatable bonds is 2. The monoisotopic (exact) mass is 336 g/mol. The fourth-order valence-electron chi connectivity index (χ4n) is 3.00. The van der Waals surface area contributed by atoms with Gasteiger partial charge < -0.3 is 14.6 Å². The second kappa shape index (κ2) is 5.26. The van der Waals surface area contributed by atoms with Crippen LogP contribution < -0.4 is 10.2 Å². The molecule has 2 aromatic heterocycles. The number of halogens is 2. The van der Waals surface area contributed by atoms with Gasteiger partial charge in [-0.3, -0.25) is 0 Å². The van der Waals surface area contributed by atoms with Crippen molar-refractivity contribution in [2.45, 2.75) is 12.5 Å². The zero-order valence-electron chi connectivity index (χ0n) is 11.9. The van der Waals surface area contributed by atoms with Gasteiger partial charge >= 0.3 is 0 Å². The minimum atomic E-state index is 0.465. The Bertz CT molecular complexity index is 863. The first-order chi connectivity index (χ1) is 10.7. The zero-order chi connectivity index (χ0) is 15.3. The molecule has 0 bridgehead atoms. The van der Waals surface area contributed by atoms with Crippen molar-refractivity contribution in [3.8, 4) is 0 Å². The zero-order valence-corrected chi connectivity index (χ0v) is 13.4. The Balaban J connectivity index is 1.92. The summed E-state index contributed by atoms with van der Waals surface area (Å²) < 4.78 is 5.97. The molecule has 0 spiro atoms. The van der Waals surface area contributed by atoms with E-state index in [4.69, 9.17) is 27.6 Å². The summed E-state index contributed by atoms with van der Waals surface area (Å²) in [5, 5.41) is 5.01. The maximum atomic E-state index is 6.33. The summed E-state index contributed by atoms with van der Waals surface area (Å²) in [6.45, 7) is 1.83. The Labute approximate surface area is 137 Å². The average molecular weight is 337 g/mol. The molecule has 1 aromatic carbocycles. The number of benzene rings is 1. The van der Waals surface area contributed by atoms with Gasteiger partial charge in [0.2, 0.25) is 0 Å². The fraction of sp³-hybridized carbons (Fsp3) is 0.333. The Kier molecular flexibility index (Phi) is 3.36. The lowest BCUT2D eigenvalue weighted by atomic mass is 10.2. The minimum Gasteiger partial charge on any atom is -0.450 e. The number of likely N-dealkylation sites (N-methyl/N-ethyl adjacent to an activating group) is 1. The third-order valence-electron chi connectivity index (χ3n) is 4.19. The molecule has 1 saturated heterocycles. The summed E-state index contributed by atoms with van der Waals surface area (Å²) in [4.78, 5) is 11.0. The van der Waals surface area contributed by atoms with E-state index in [0.29, 0.717) is 32.8 Å². The van der Waals surface area contributed by atoms with Crippen molar-refractivity contribution in [1.82, 2.24) is 15.3 Å². The highest BCUT2D eigenvalue weighted by molar-refractivity contribution is 6.46. The van der Waals surface area contributed by atoms with Gasteiger partial charge in [0.15, 0.2) is 11.4 Å². The van der Waals surface area contributed by atoms with E-state index in [1.807, 2.05) is 13.1 Å². The Morgan fingerprint density at radius 1 is 1.32 bits per heavy atom. The maximum absolute atomic E-state index is 6.33. The van der Waals surface area contributed by atoms with Gasteiger partial charge in [-0.1, -0.05) is 23.2 Å². The lowest BCUT2D eigenvalue weighted by molar-refractivity contribution is 0.615. The molecule has 1 aliphatic rings. The molecule has 0 radical (unpaired) electrons. The van der Waals surface area contributed by atoms with Crippen LogP contribution in [0, 0.1) is 0 Å². The van der Waals surface area contributed by atoms with E-state index in [9.17, 15) is 0 Å². The molecule has 1 atom stereocenters. The molecule has 5 nitrogen and oxygen atoms in total. The summed E-state index contributed by atoms with van der Waals surface area (Å²) in [6.07, 6.45) is 2.63. The molecule has 114 valence electrons. The predicted molar refractivity (Wildman–Crippen MR) is 89.0 cm³/mol. The van der Waals surface area contributed by atoms with Crippen LogP contribution in [-0.2, 0) is 0 Å². The van der Waals surface area contributed by atoms with Crippen molar-refractivity contribution in [3.63, 3.8) is 0 Å². The standard InChI is InChI=1S/C15H14Cl2N4O/c1-18-8-4-5-21(6-8)15-14-13(19-7-20-15)11-10(22-14)3-2-9(16)12(11)17/h2-3,7-8,18H,4-6H2,1H3/t8-/m1/s1. The van der Waals surface area contributed by atoms with Gasteiger partial charge in [-0.15, -0.1) is 0 Å². The first kappa shape index (κ1) is 14.1. The number of furan rings is 1. The molecule has 1 N–H and O–H groups in total. The molecule has 0 unspecified atom stereocenters. The van der Waals surface area contributed by atoms with E-state index in [2.05, 4.69) is 20.2 Å². The van der Waals surface area contributed by atoms with E-state index in [0.717, 1.165) is 30.7 Å². The molecule has 4 rings (SSSR count). The smallest absolute Gasteiger partial charge is 0.196 e. The van der Waals surface area contributed by atoms with Crippen molar-refractivity contribution in [3.05, 3.63) is 28.5 Å². The molecule has 0 saturated carbocycles.